The standard InChI is InChI=1S/C14H20ClNO2/c1-4-18-14(17)8-10(2)16-11(3)12-6-5-7-13(15)9-12/h5-7,9-11,16H,4,8H2,1-3H3/t10?,11-/m1/s1. The van der Waals surface area contributed by atoms with E-state index in [0.29, 0.717) is 13.0 Å². The molecule has 0 bridgehead atoms. The summed E-state index contributed by atoms with van der Waals surface area (Å²) in [5.41, 5.74) is 1.11. The summed E-state index contributed by atoms with van der Waals surface area (Å²) in [4.78, 5) is 11.3. The van der Waals surface area contributed by atoms with E-state index >= 15 is 0 Å². The van der Waals surface area contributed by atoms with Crippen molar-refractivity contribution in [3.63, 3.8) is 0 Å². The minimum Gasteiger partial charge on any atom is -0.466 e. The Morgan fingerprint density at radius 3 is 2.78 bits per heavy atom. The quantitative estimate of drug-likeness (QED) is 0.805. The first-order valence-corrected chi connectivity index (χ1v) is 6.57. The van der Waals surface area contributed by atoms with Gasteiger partial charge in [0.1, 0.15) is 0 Å². The Morgan fingerprint density at radius 2 is 2.17 bits per heavy atom. The van der Waals surface area contributed by atoms with Gasteiger partial charge in [-0.05, 0) is 38.5 Å². The van der Waals surface area contributed by atoms with Crippen LogP contribution in [-0.4, -0.2) is 18.6 Å². The molecule has 1 aromatic carbocycles. The second-order valence-electron chi connectivity index (χ2n) is 4.35. The molecule has 0 aliphatic rings. The Morgan fingerprint density at radius 1 is 1.44 bits per heavy atom. The summed E-state index contributed by atoms with van der Waals surface area (Å²) in [6.07, 6.45) is 0.374. The summed E-state index contributed by atoms with van der Waals surface area (Å²) in [6.45, 7) is 6.26. The number of ether oxygens (including phenoxy) is 1. The highest BCUT2D eigenvalue weighted by Crippen LogP contribution is 2.18. The lowest BCUT2D eigenvalue weighted by atomic mass is 10.1. The summed E-state index contributed by atoms with van der Waals surface area (Å²) in [5, 5.41) is 4.07. The molecular formula is C14H20ClNO2. The van der Waals surface area contributed by atoms with E-state index in [0.717, 1.165) is 10.6 Å². The Balaban J connectivity index is 2.49. The van der Waals surface area contributed by atoms with Crippen molar-refractivity contribution in [2.75, 3.05) is 6.61 Å². The minimum atomic E-state index is -0.171. The molecule has 0 saturated heterocycles. The van der Waals surface area contributed by atoms with Gasteiger partial charge in [0.2, 0.25) is 0 Å². The van der Waals surface area contributed by atoms with Gasteiger partial charge in [0.05, 0.1) is 13.0 Å². The number of benzene rings is 1. The number of hydrogen-bond acceptors (Lipinski definition) is 3. The molecule has 0 heterocycles. The van der Waals surface area contributed by atoms with Crippen LogP contribution < -0.4 is 5.32 Å². The maximum absolute atomic E-state index is 11.3. The summed E-state index contributed by atoms with van der Waals surface area (Å²) in [5.74, 6) is -0.171. The van der Waals surface area contributed by atoms with Crippen molar-refractivity contribution < 1.29 is 9.53 Å². The summed E-state index contributed by atoms with van der Waals surface area (Å²) in [6, 6.07) is 7.92. The molecule has 0 fully saturated rings. The molecule has 2 atom stereocenters. The zero-order chi connectivity index (χ0) is 13.5. The van der Waals surface area contributed by atoms with Crippen molar-refractivity contribution in [1.82, 2.24) is 5.32 Å². The van der Waals surface area contributed by atoms with Crippen LogP contribution in [0.4, 0.5) is 0 Å². The predicted molar refractivity (Wildman–Crippen MR) is 73.7 cm³/mol. The van der Waals surface area contributed by atoms with E-state index < -0.39 is 0 Å². The van der Waals surface area contributed by atoms with Gasteiger partial charge in [-0.1, -0.05) is 23.7 Å². The van der Waals surface area contributed by atoms with Crippen LogP contribution in [0.25, 0.3) is 0 Å². The third-order valence-corrected chi connectivity index (χ3v) is 2.90. The van der Waals surface area contributed by atoms with Gasteiger partial charge in [-0.15, -0.1) is 0 Å². The van der Waals surface area contributed by atoms with Gasteiger partial charge >= 0.3 is 5.97 Å². The second-order valence-corrected chi connectivity index (χ2v) is 4.79. The normalized spacial score (nSPS) is 14.0. The van der Waals surface area contributed by atoms with Crippen molar-refractivity contribution in [3.8, 4) is 0 Å². The molecule has 4 heteroatoms. The lowest BCUT2D eigenvalue weighted by molar-refractivity contribution is -0.143. The van der Waals surface area contributed by atoms with Crippen molar-refractivity contribution in [3.05, 3.63) is 34.9 Å². The molecule has 0 amide bonds. The molecule has 0 radical (unpaired) electrons. The van der Waals surface area contributed by atoms with Crippen LogP contribution in [0.3, 0.4) is 0 Å². The third-order valence-electron chi connectivity index (χ3n) is 2.66. The molecule has 3 nitrogen and oxygen atoms in total. The van der Waals surface area contributed by atoms with Crippen LogP contribution in [0.15, 0.2) is 24.3 Å². The molecule has 1 rings (SSSR count). The SMILES string of the molecule is CCOC(=O)CC(C)N[C@H](C)c1cccc(Cl)c1. The van der Waals surface area contributed by atoms with E-state index in [1.165, 1.54) is 0 Å². The zero-order valence-corrected chi connectivity index (χ0v) is 11.8. The van der Waals surface area contributed by atoms with Gasteiger partial charge in [-0.25, -0.2) is 0 Å². The van der Waals surface area contributed by atoms with Crippen molar-refractivity contribution in [1.29, 1.82) is 0 Å². The first kappa shape index (κ1) is 15.0. The second kappa shape index (κ2) is 7.39. The number of hydrogen-bond donors (Lipinski definition) is 1. The predicted octanol–water partition coefficient (Wildman–Crippen LogP) is 3.33. The lowest BCUT2D eigenvalue weighted by Crippen LogP contribution is -2.31. The fourth-order valence-electron chi connectivity index (χ4n) is 1.83. The van der Waals surface area contributed by atoms with Crippen LogP contribution in [0.5, 0.6) is 0 Å². The molecule has 1 N–H and O–H groups in total. The van der Waals surface area contributed by atoms with Crippen molar-refractivity contribution in [2.24, 2.45) is 0 Å². The van der Waals surface area contributed by atoms with E-state index in [2.05, 4.69) is 5.32 Å². The zero-order valence-electron chi connectivity index (χ0n) is 11.1. The topological polar surface area (TPSA) is 38.3 Å². The van der Waals surface area contributed by atoms with Gasteiger partial charge < -0.3 is 10.1 Å². The summed E-state index contributed by atoms with van der Waals surface area (Å²) >= 11 is 5.95. The maximum atomic E-state index is 11.3. The molecule has 0 spiro atoms. The fraction of sp³-hybridized carbons (Fsp3) is 0.500. The number of nitrogens with one attached hydrogen (secondary N) is 1. The number of carbonyl (C=O) groups is 1. The smallest absolute Gasteiger partial charge is 0.307 e. The van der Waals surface area contributed by atoms with Crippen LogP contribution in [0.1, 0.15) is 38.8 Å². The van der Waals surface area contributed by atoms with E-state index in [9.17, 15) is 4.79 Å². The van der Waals surface area contributed by atoms with E-state index in [1.54, 1.807) is 0 Å². The Bertz CT molecular complexity index is 395. The van der Waals surface area contributed by atoms with Gasteiger partial charge in [0.15, 0.2) is 0 Å². The summed E-state index contributed by atoms with van der Waals surface area (Å²) in [7, 11) is 0. The lowest BCUT2D eigenvalue weighted by Gasteiger charge is -2.20. The molecule has 1 unspecified atom stereocenters. The van der Waals surface area contributed by atoms with Crippen molar-refractivity contribution >= 4 is 17.6 Å². The Labute approximate surface area is 113 Å². The number of rotatable bonds is 6. The molecule has 18 heavy (non-hydrogen) atoms. The largest absolute Gasteiger partial charge is 0.466 e. The van der Waals surface area contributed by atoms with E-state index in [1.807, 2.05) is 45.0 Å². The number of esters is 1. The van der Waals surface area contributed by atoms with Crippen LogP contribution >= 0.6 is 11.6 Å². The highest BCUT2D eigenvalue weighted by molar-refractivity contribution is 6.30. The number of halogens is 1. The average molecular weight is 270 g/mol. The molecule has 0 aromatic heterocycles. The van der Waals surface area contributed by atoms with Gasteiger partial charge in [0, 0.05) is 17.1 Å². The first-order valence-electron chi connectivity index (χ1n) is 6.20. The number of carbonyl (C=O) groups excluding carboxylic acids is 1. The minimum absolute atomic E-state index is 0.0676. The molecule has 1 aromatic rings. The first-order chi connectivity index (χ1) is 8.52. The molecule has 100 valence electrons. The average Bonchev–Trinajstić information content (AvgIpc) is 2.28. The van der Waals surface area contributed by atoms with Gasteiger partial charge in [-0.2, -0.15) is 0 Å². The third kappa shape index (κ3) is 5.07. The monoisotopic (exact) mass is 269 g/mol. The Kier molecular flexibility index (Phi) is 6.16. The van der Waals surface area contributed by atoms with E-state index in [4.69, 9.17) is 16.3 Å². The molecular weight excluding hydrogens is 250 g/mol. The van der Waals surface area contributed by atoms with Gasteiger partial charge in [0.25, 0.3) is 0 Å². The fourth-order valence-corrected chi connectivity index (χ4v) is 2.03. The molecule has 0 saturated carbocycles. The molecule has 0 aliphatic heterocycles. The van der Waals surface area contributed by atoms with Crippen LogP contribution in [0.2, 0.25) is 5.02 Å². The van der Waals surface area contributed by atoms with Crippen LogP contribution in [-0.2, 0) is 9.53 Å². The van der Waals surface area contributed by atoms with Crippen molar-refractivity contribution in [2.45, 2.75) is 39.3 Å². The van der Waals surface area contributed by atoms with Gasteiger partial charge in [-0.3, -0.25) is 4.79 Å². The summed E-state index contributed by atoms with van der Waals surface area (Å²) < 4.78 is 4.92. The van der Waals surface area contributed by atoms with E-state index in [-0.39, 0.29) is 18.1 Å². The highest BCUT2D eigenvalue weighted by Gasteiger charge is 2.13. The van der Waals surface area contributed by atoms with Crippen LogP contribution in [0, 0.1) is 0 Å². The Hall–Kier alpha value is -1.06. The maximum Gasteiger partial charge on any atom is 0.307 e. The molecule has 0 aliphatic carbocycles. The highest BCUT2D eigenvalue weighted by atomic mass is 35.5.